The minimum atomic E-state index is -0.195. The van der Waals surface area contributed by atoms with E-state index in [1.165, 1.54) is 18.9 Å². The predicted molar refractivity (Wildman–Crippen MR) is 74.1 cm³/mol. The number of halogens is 2. The average Bonchev–Trinajstić information content (AvgIpc) is 3.05. The summed E-state index contributed by atoms with van der Waals surface area (Å²) in [5, 5.41) is 0. The molecular formula is C12H16FIN2. The Kier molecular flexibility index (Phi) is 3.28. The molecule has 1 aliphatic rings. The Bertz CT molecular complexity index is 404. The molecule has 1 unspecified atom stereocenters. The third-order valence-electron chi connectivity index (χ3n) is 3.36. The molecule has 2 nitrogen and oxygen atoms in total. The number of nitrogen functional groups attached to an aromatic ring is 1. The lowest BCUT2D eigenvalue weighted by atomic mass is 10.1. The van der Waals surface area contributed by atoms with Crippen LogP contribution in [0.15, 0.2) is 12.1 Å². The number of benzene rings is 1. The Balaban J connectivity index is 2.28. The van der Waals surface area contributed by atoms with Gasteiger partial charge in [0.2, 0.25) is 0 Å². The van der Waals surface area contributed by atoms with Crippen LogP contribution in [0.2, 0.25) is 0 Å². The van der Waals surface area contributed by atoms with Crippen LogP contribution in [-0.4, -0.2) is 13.1 Å². The predicted octanol–water partition coefficient (Wildman–Crippen LogP) is 3.25. The number of rotatable bonds is 3. The molecule has 1 aromatic rings. The zero-order valence-electron chi connectivity index (χ0n) is 9.50. The number of hydrogen-bond acceptors (Lipinski definition) is 2. The van der Waals surface area contributed by atoms with Crippen LogP contribution in [0.3, 0.4) is 0 Å². The van der Waals surface area contributed by atoms with E-state index in [-0.39, 0.29) is 5.82 Å². The summed E-state index contributed by atoms with van der Waals surface area (Å²) in [5.74, 6) is 0.548. The standard InChI is InChI=1S/C12H16FIN2/c1-7(8-3-4-8)16(2)12-5-9(13)10(14)6-11(12)15/h5-8H,3-4,15H2,1-2H3. The second kappa shape index (κ2) is 4.39. The van der Waals surface area contributed by atoms with Crippen molar-refractivity contribution in [1.29, 1.82) is 0 Å². The normalized spacial score (nSPS) is 17.2. The Labute approximate surface area is 109 Å². The summed E-state index contributed by atoms with van der Waals surface area (Å²) in [4.78, 5) is 2.09. The lowest BCUT2D eigenvalue weighted by molar-refractivity contribution is 0.599. The average molecular weight is 334 g/mol. The number of hydrogen-bond donors (Lipinski definition) is 1. The molecule has 88 valence electrons. The van der Waals surface area contributed by atoms with Gasteiger partial charge in [-0.1, -0.05) is 0 Å². The second-order valence-electron chi connectivity index (χ2n) is 4.51. The van der Waals surface area contributed by atoms with E-state index in [1.807, 2.05) is 29.6 Å². The highest BCUT2D eigenvalue weighted by molar-refractivity contribution is 14.1. The van der Waals surface area contributed by atoms with Crippen molar-refractivity contribution >= 4 is 34.0 Å². The molecule has 1 saturated carbocycles. The Hall–Kier alpha value is -0.520. The highest BCUT2D eigenvalue weighted by Crippen LogP contribution is 2.38. The van der Waals surface area contributed by atoms with Crippen molar-refractivity contribution in [2.45, 2.75) is 25.8 Å². The molecule has 2 rings (SSSR count). The molecule has 16 heavy (non-hydrogen) atoms. The maximum Gasteiger partial charge on any atom is 0.138 e. The molecule has 2 N–H and O–H groups in total. The van der Waals surface area contributed by atoms with Gasteiger partial charge in [0.1, 0.15) is 5.82 Å². The van der Waals surface area contributed by atoms with Crippen molar-refractivity contribution < 1.29 is 4.39 Å². The number of anilines is 2. The zero-order valence-corrected chi connectivity index (χ0v) is 11.7. The molecule has 1 fully saturated rings. The quantitative estimate of drug-likeness (QED) is 0.679. The summed E-state index contributed by atoms with van der Waals surface area (Å²) in [6.45, 7) is 2.17. The first-order valence-electron chi connectivity index (χ1n) is 5.48. The molecule has 1 aliphatic carbocycles. The van der Waals surface area contributed by atoms with E-state index < -0.39 is 0 Å². The third-order valence-corrected chi connectivity index (χ3v) is 4.19. The molecule has 0 radical (unpaired) electrons. The van der Waals surface area contributed by atoms with E-state index in [0.717, 1.165) is 11.6 Å². The van der Waals surface area contributed by atoms with Gasteiger partial charge in [0.05, 0.1) is 14.9 Å². The molecule has 0 bridgehead atoms. The van der Waals surface area contributed by atoms with Crippen molar-refractivity contribution in [1.82, 2.24) is 0 Å². The first kappa shape index (κ1) is 12.0. The van der Waals surface area contributed by atoms with Gasteiger partial charge in [-0.15, -0.1) is 0 Å². The van der Waals surface area contributed by atoms with E-state index in [9.17, 15) is 4.39 Å². The summed E-state index contributed by atoms with van der Waals surface area (Å²) >= 11 is 1.96. The first-order valence-corrected chi connectivity index (χ1v) is 6.56. The molecule has 0 amide bonds. The van der Waals surface area contributed by atoms with Gasteiger partial charge in [0.15, 0.2) is 0 Å². The van der Waals surface area contributed by atoms with Crippen LogP contribution in [0.1, 0.15) is 19.8 Å². The van der Waals surface area contributed by atoms with Gasteiger partial charge in [-0.3, -0.25) is 0 Å². The van der Waals surface area contributed by atoms with Crippen LogP contribution in [-0.2, 0) is 0 Å². The maximum atomic E-state index is 13.5. The molecule has 0 aliphatic heterocycles. The highest BCUT2D eigenvalue weighted by Gasteiger charge is 2.31. The van der Waals surface area contributed by atoms with Crippen LogP contribution < -0.4 is 10.6 Å². The Morgan fingerprint density at radius 1 is 1.50 bits per heavy atom. The van der Waals surface area contributed by atoms with Gasteiger partial charge >= 0.3 is 0 Å². The van der Waals surface area contributed by atoms with Crippen LogP contribution in [0.25, 0.3) is 0 Å². The van der Waals surface area contributed by atoms with Crippen LogP contribution >= 0.6 is 22.6 Å². The van der Waals surface area contributed by atoms with Crippen LogP contribution in [0.4, 0.5) is 15.8 Å². The summed E-state index contributed by atoms with van der Waals surface area (Å²) in [6.07, 6.45) is 2.55. The topological polar surface area (TPSA) is 29.3 Å². The Morgan fingerprint density at radius 2 is 2.12 bits per heavy atom. The molecular weight excluding hydrogens is 318 g/mol. The van der Waals surface area contributed by atoms with E-state index >= 15 is 0 Å². The van der Waals surface area contributed by atoms with Crippen molar-refractivity contribution in [2.24, 2.45) is 5.92 Å². The van der Waals surface area contributed by atoms with Gasteiger partial charge in [0.25, 0.3) is 0 Å². The van der Waals surface area contributed by atoms with E-state index in [1.54, 1.807) is 6.07 Å². The van der Waals surface area contributed by atoms with Gasteiger partial charge in [-0.2, -0.15) is 0 Å². The summed E-state index contributed by atoms with van der Waals surface area (Å²) in [5.41, 5.74) is 7.39. The van der Waals surface area contributed by atoms with Crippen molar-refractivity contribution in [3.05, 3.63) is 21.5 Å². The van der Waals surface area contributed by atoms with Crippen molar-refractivity contribution in [2.75, 3.05) is 17.7 Å². The SMILES string of the molecule is CC(C1CC1)N(C)c1cc(F)c(I)cc1N. The van der Waals surface area contributed by atoms with E-state index in [4.69, 9.17) is 5.73 Å². The lowest BCUT2D eigenvalue weighted by Crippen LogP contribution is -2.31. The van der Waals surface area contributed by atoms with Gasteiger partial charge < -0.3 is 10.6 Å². The number of nitrogens with two attached hydrogens (primary N) is 1. The van der Waals surface area contributed by atoms with E-state index in [2.05, 4.69) is 11.8 Å². The van der Waals surface area contributed by atoms with Crippen LogP contribution in [0, 0.1) is 15.3 Å². The fraction of sp³-hybridized carbons (Fsp3) is 0.500. The molecule has 0 heterocycles. The van der Waals surface area contributed by atoms with Gasteiger partial charge in [0, 0.05) is 19.2 Å². The molecule has 4 heteroatoms. The molecule has 1 aromatic carbocycles. The third kappa shape index (κ3) is 2.26. The molecule has 0 spiro atoms. The Morgan fingerprint density at radius 3 is 2.69 bits per heavy atom. The lowest BCUT2D eigenvalue weighted by Gasteiger charge is -2.28. The minimum absolute atomic E-state index is 0.195. The largest absolute Gasteiger partial charge is 0.397 e. The molecule has 0 aromatic heterocycles. The maximum absolute atomic E-state index is 13.5. The van der Waals surface area contributed by atoms with E-state index in [0.29, 0.717) is 15.3 Å². The zero-order chi connectivity index (χ0) is 11.9. The number of nitrogens with zero attached hydrogens (tertiary/aromatic N) is 1. The monoisotopic (exact) mass is 334 g/mol. The molecule has 0 saturated heterocycles. The summed E-state index contributed by atoms with van der Waals surface area (Å²) < 4.78 is 14.1. The fourth-order valence-electron chi connectivity index (χ4n) is 1.97. The van der Waals surface area contributed by atoms with Crippen LogP contribution in [0.5, 0.6) is 0 Å². The van der Waals surface area contributed by atoms with Crippen molar-refractivity contribution in [3.8, 4) is 0 Å². The smallest absolute Gasteiger partial charge is 0.138 e. The molecule has 1 atom stereocenters. The summed E-state index contributed by atoms with van der Waals surface area (Å²) in [7, 11) is 1.99. The fourth-order valence-corrected chi connectivity index (χ4v) is 2.46. The van der Waals surface area contributed by atoms with Crippen molar-refractivity contribution in [3.63, 3.8) is 0 Å². The minimum Gasteiger partial charge on any atom is -0.397 e. The first-order chi connectivity index (χ1) is 7.50. The second-order valence-corrected chi connectivity index (χ2v) is 5.68. The van der Waals surface area contributed by atoms with Gasteiger partial charge in [-0.05, 0) is 54.3 Å². The van der Waals surface area contributed by atoms with Gasteiger partial charge in [-0.25, -0.2) is 4.39 Å². The summed E-state index contributed by atoms with van der Waals surface area (Å²) in [6, 6.07) is 3.67. The highest BCUT2D eigenvalue weighted by atomic mass is 127.